The SMILES string of the molecule is O=C(O)c1cc(OC(F)(F)F)c2ncn(C[C@@H]3CCO3)c2c1. The van der Waals surface area contributed by atoms with Gasteiger partial charge in [0.2, 0.25) is 0 Å². The number of hydrogen-bond acceptors (Lipinski definition) is 4. The number of benzene rings is 1. The van der Waals surface area contributed by atoms with Crippen molar-refractivity contribution in [3.63, 3.8) is 0 Å². The van der Waals surface area contributed by atoms with Crippen molar-refractivity contribution < 1.29 is 32.5 Å². The fourth-order valence-corrected chi connectivity index (χ4v) is 2.25. The quantitative estimate of drug-likeness (QED) is 0.938. The molecule has 0 amide bonds. The summed E-state index contributed by atoms with van der Waals surface area (Å²) < 4.78 is 48.1. The van der Waals surface area contributed by atoms with E-state index in [-0.39, 0.29) is 22.7 Å². The van der Waals surface area contributed by atoms with Gasteiger partial charge in [-0.05, 0) is 18.6 Å². The third kappa shape index (κ3) is 2.84. The van der Waals surface area contributed by atoms with E-state index in [9.17, 15) is 18.0 Å². The van der Waals surface area contributed by atoms with Gasteiger partial charge >= 0.3 is 12.3 Å². The highest BCUT2D eigenvalue weighted by atomic mass is 19.4. The van der Waals surface area contributed by atoms with E-state index in [1.165, 1.54) is 12.4 Å². The summed E-state index contributed by atoms with van der Waals surface area (Å²) in [6.07, 6.45) is -2.78. The molecule has 3 rings (SSSR count). The molecule has 2 aromatic rings. The molecule has 0 saturated carbocycles. The van der Waals surface area contributed by atoms with Crippen LogP contribution in [-0.2, 0) is 11.3 Å². The van der Waals surface area contributed by atoms with Gasteiger partial charge in [0.15, 0.2) is 5.75 Å². The summed E-state index contributed by atoms with van der Waals surface area (Å²) in [5.74, 6) is -1.97. The zero-order chi connectivity index (χ0) is 15.9. The number of carbonyl (C=O) groups is 1. The van der Waals surface area contributed by atoms with Crippen molar-refractivity contribution in [2.45, 2.75) is 25.4 Å². The Morgan fingerprint density at radius 3 is 2.77 bits per heavy atom. The van der Waals surface area contributed by atoms with Crippen LogP contribution in [0, 0.1) is 0 Å². The van der Waals surface area contributed by atoms with Crippen molar-refractivity contribution in [2.75, 3.05) is 6.61 Å². The molecule has 1 aromatic heterocycles. The first-order valence-electron chi connectivity index (χ1n) is 6.43. The Hall–Kier alpha value is -2.29. The molecule has 0 bridgehead atoms. The number of aromatic carboxylic acids is 1. The fraction of sp³-hybridized carbons (Fsp3) is 0.385. The van der Waals surface area contributed by atoms with Crippen LogP contribution in [0.2, 0.25) is 0 Å². The van der Waals surface area contributed by atoms with E-state index >= 15 is 0 Å². The molecule has 22 heavy (non-hydrogen) atoms. The van der Waals surface area contributed by atoms with Crippen LogP contribution in [-0.4, -0.2) is 39.7 Å². The standard InChI is InChI=1S/C13H11F3N2O4/c14-13(15,16)22-10-4-7(12(19)20)3-9-11(10)17-6-18(9)5-8-1-2-21-8/h3-4,6,8H,1-2,5H2,(H,19,20)/t8-/m0/s1. The van der Waals surface area contributed by atoms with E-state index in [1.807, 2.05) is 0 Å². The fourth-order valence-electron chi connectivity index (χ4n) is 2.25. The van der Waals surface area contributed by atoms with Crippen LogP contribution in [0.4, 0.5) is 13.2 Å². The topological polar surface area (TPSA) is 73.6 Å². The molecule has 1 aliphatic rings. The van der Waals surface area contributed by atoms with E-state index < -0.39 is 18.1 Å². The largest absolute Gasteiger partial charge is 0.573 e. The van der Waals surface area contributed by atoms with E-state index in [2.05, 4.69) is 9.72 Å². The van der Waals surface area contributed by atoms with E-state index in [0.29, 0.717) is 13.2 Å². The van der Waals surface area contributed by atoms with Gasteiger partial charge in [0.1, 0.15) is 5.52 Å². The van der Waals surface area contributed by atoms with Gasteiger partial charge in [-0.15, -0.1) is 13.2 Å². The molecule has 2 heterocycles. The number of carboxylic acids is 1. The smallest absolute Gasteiger partial charge is 0.478 e. The number of fused-ring (bicyclic) bond motifs is 1. The molecule has 1 atom stereocenters. The van der Waals surface area contributed by atoms with Gasteiger partial charge in [-0.25, -0.2) is 9.78 Å². The van der Waals surface area contributed by atoms with Crippen molar-refractivity contribution in [3.05, 3.63) is 24.0 Å². The van der Waals surface area contributed by atoms with Crippen LogP contribution in [0.3, 0.4) is 0 Å². The number of ether oxygens (including phenoxy) is 2. The Balaban J connectivity index is 2.06. The molecule has 0 spiro atoms. The Bertz CT molecular complexity index is 722. The predicted octanol–water partition coefficient (Wildman–Crippen LogP) is 2.42. The molecule has 1 saturated heterocycles. The molecule has 1 N–H and O–H groups in total. The lowest BCUT2D eigenvalue weighted by molar-refractivity contribution is -0.274. The van der Waals surface area contributed by atoms with Crippen LogP contribution < -0.4 is 4.74 Å². The first-order chi connectivity index (χ1) is 10.3. The molecule has 1 aliphatic heterocycles. The number of aromatic nitrogens is 2. The van der Waals surface area contributed by atoms with Crippen molar-refractivity contribution in [2.24, 2.45) is 0 Å². The maximum Gasteiger partial charge on any atom is 0.573 e. The molecule has 0 unspecified atom stereocenters. The highest BCUT2D eigenvalue weighted by Crippen LogP contribution is 2.32. The minimum absolute atomic E-state index is 0.0401. The molecule has 0 aliphatic carbocycles. The normalized spacial score (nSPS) is 18.2. The lowest BCUT2D eigenvalue weighted by Gasteiger charge is -2.26. The Kier molecular flexibility index (Phi) is 3.44. The van der Waals surface area contributed by atoms with Crippen molar-refractivity contribution in [1.82, 2.24) is 9.55 Å². The Labute approximate surface area is 122 Å². The van der Waals surface area contributed by atoms with Crippen LogP contribution in [0.5, 0.6) is 5.75 Å². The summed E-state index contributed by atoms with van der Waals surface area (Å²) >= 11 is 0. The molecule has 6 nitrogen and oxygen atoms in total. The summed E-state index contributed by atoms with van der Waals surface area (Å²) in [7, 11) is 0. The number of halogens is 3. The van der Waals surface area contributed by atoms with Crippen LogP contribution >= 0.6 is 0 Å². The highest BCUT2D eigenvalue weighted by molar-refractivity contribution is 5.95. The molecular formula is C13H11F3N2O4. The predicted molar refractivity (Wildman–Crippen MR) is 67.7 cm³/mol. The second-order valence-corrected chi connectivity index (χ2v) is 4.87. The molecular weight excluding hydrogens is 305 g/mol. The van der Waals surface area contributed by atoms with Gasteiger partial charge in [-0.3, -0.25) is 0 Å². The highest BCUT2D eigenvalue weighted by Gasteiger charge is 2.33. The van der Waals surface area contributed by atoms with E-state index in [0.717, 1.165) is 12.5 Å². The summed E-state index contributed by atoms with van der Waals surface area (Å²) in [6.45, 7) is 1.03. The molecule has 9 heteroatoms. The second kappa shape index (κ2) is 5.16. The maximum atomic E-state index is 12.5. The number of hydrogen-bond donors (Lipinski definition) is 1. The van der Waals surface area contributed by atoms with Crippen LogP contribution in [0.25, 0.3) is 11.0 Å². The average molecular weight is 316 g/mol. The van der Waals surface area contributed by atoms with Gasteiger partial charge in [0, 0.05) is 6.61 Å². The van der Waals surface area contributed by atoms with Gasteiger partial charge in [0.05, 0.1) is 30.1 Å². The first kappa shape index (κ1) is 14.6. The number of nitrogens with zero attached hydrogens (tertiary/aromatic N) is 2. The average Bonchev–Trinajstić information content (AvgIpc) is 2.75. The number of imidazole rings is 1. The number of carboxylic acid groups (broad SMARTS) is 1. The third-order valence-corrected chi connectivity index (χ3v) is 3.36. The van der Waals surface area contributed by atoms with Gasteiger partial charge in [-0.2, -0.15) is 0 Å². The Morgan fingerprint density at radius 1 is 1.50 bits per heavy atom. The van der Waals surface area contributed by atoms with Gasteiger partial charge in [-0.1, -0.05) is 0 Å². The van der Waals surface area contributed by atoms with Crippen molar-refractivity contribution >= 4 is 17.0 Å². The monoisotopic (exact) mass is 316 g/mol. The number of alkyl halides is 3. The number of rotatable bonds is 4. The minimum atomic E-state index is -4.93. The zero-order valence-corrected chi connectivity index (χ0v) is 11.1. The molecule has 118 valence electrons. The first-order valence-corrected chi connectivity index (χ1v) is 6.43. The van der Waals surface area contributed by atoms with Crippen LogP contribution in [0.15, 0.2) is 18.5 Å². The van der Waals surface area contributed by atoms with Gasteiger partial charge < -0.3 is 19.1 Å². The summed E-state index contributed by atoms with van der Waals surface area (Å²) in [5.41, 5.74) is -0.0840. The maximum absolute atomic E-state index is 12.5. The zero-order valence-electron chi connectivity index (χ0n) is 11.1. The summed E-state index contributed by atoms with van der Waals surface area (Å²) in [5, 5.41) is 9.04. The lowest BCUT2D eigenvalue weighted by atomic mass is 10.1. The third-order valence-electron chi connectivity index (χ3n) is 3.36. The molecule has 1 aromatic carbocycles. The lowest BCUT2D eigenvalue weighted by Crippen LogP contribution is -2.30. The van der Waals surface area contributed by atoms with Gasteiger partial charge in [0.25, 0.3) is 0 Å². The van der Waals surface area contributed by atoms with Crippen molar-refractivity contribution in [1.29, 1.82) is 0 Å². The summed E-state index contributed by atoms with van der Waals surface area (Å²) in [4.78, 5) is 15.0. The second-order valence-electron chi connectivity index (χ2n) is 4.87. The molecule has 0 radical (unpaired) electrons. The van der Waals surface area contributed by atoms with E-state index in [4.69, 9.17) is 9.84 Å². The summed E-state index contributed by atoms with van der Waals surface area (Å²) in [6, 6.07) is 2.09. The van der Waals surface area contributed by atoms with Crippen molar-refractivity contribution in [3.8, 4) is 5.75 Å². The van der Waals surface area contributed by atoms with Crippen LogP contribution in [0.1, 0.15) is 16.8 Å². The molecule has 1 fully saturated rings. The minimum Gasteiger partial charge on any atom is -0.478 e. The van der Waals surface area contributed by atoms with E-state index in [1.54, 1.807) is 4.57 Å². The Morgan fingerprint density at radius 2 is 2.23 bits per heavy atom.